The van der Waals surface area contributed by atoms with Gasteiger partial charge in [0.1, 0.15) is 11.8 Å². The van der Waals surface area contributed by atoms with Crippen LogP contribution in [0.5, 0.6) is 5.75 Å². The van der Waals surface area contributed by atoms with Crippen LogP contribution in [0.15, 0.2) is 48.7 Å². The quantitative estimate of drug-likeness (QED) is 0.589. The van der Waals surface area contributed by atoms with Crippen LogP contribution in [0.2, 0.25) is 0 Å². The van der Waals surface area contributed by atoms with E-state index in [2.05, 4.69) is 17.1 Å². The molecule has 2 heterocycles. The molecule has 1 atom stereocenters. The lowest BCUT2D eigenvalue weighted by Gasteiger charge is -2.25. The van der Waals surface area contributed by atoms with Crippen molar-refractivity contribution in [3.05, 3.63) is 65.4 Å². The number of hydrogen-bond acceptors (Lipinski definition) is 6. The van der Waals surface area contributed by atoms with Crippen LogP contribution in [0.3, 0.4) is 0 Å². The lowest BCUT2D eigenvalue weighted by molar-refractivity contribution is -0.128. The standard InChI is InChI=1S/C28H28N4O3/c1-18(2)35-25-7-6-19(14-20(25)16-29)24-9-11-30-27(31-24)22-4-3-5-23-21(22)8-10-28(23)15-26(34)32(17-28)12-13-33/h3-7,9,11,14,18,33H,8,10,12-13,15,17H2,1-2H3/t28-/m1/s1. The molecule has 1 fully saturated rings. The molecule has 1 N–H and O–H groups in total. The zero-order valence-electron chi connectivity index (χ0n) is 20.0. The van der Waals surface area contributed by atoms with Crippen molar-refractivity contribution in [2.24, 2.45) is 0 Å². The average molecular weight is 469 g/mol. The number of benzene rings is 2. The van der Waals surface area contributed by atoms with Gasteiger partial charge in [0.15, 0.2) is 5.82 Å². The van der Waals surface area contributed by atoms with Gasteiger partial charge in [0.2, 0.25) is 5.91 Å². The Balaban J connectivity index is 1.50. The van der Waals surface area contributed by atoms with E-state index in [0.717, 1.165) is 29.7 Å². The van der Waals surface area contributed by atoms with Crippen molar-refractivity contribution in [1.82, 2.24) is 14.9 Å². The van der Waals surface area contributed by atoms with Gasteiger partial charge in [0.05, 0.1) is 24.0 Å². The second kappa shape index (κ2) is 9.12. The van der Waals surface area contributed by atoms with Crippen LogP contribution in [0.4, 0.5) is 0 Å². The van der Waals surface area contributed by atoms with Gasteiger partial charge < -0.3 is 14.7 Å². The first-order valence-corrected chi connectivity index (χ1v) is 12.0. The number of rotatable bonds is 6. The van der Waals surface area contributed by atoms with Crippen LogP contribution in [-0.4, -0.2) is 51.7 Å². The van der Waals surface area contributed by atoms with E-state index in [4.69, 9.17) is 9.72 Å². The second-order valence-corrected chi connectivity index (χ2v) is 9.58. The molecule has 5 rings (SSSR count). The molecule has 35 heavy (non-hydrogen) atoms. The third-order valence-corrected chi connectivity index (χ3v) is 6.96. The third-order valence-electron chi connectivity index (χ3n) is 6.96. The zero-order chi connectivity index (χ0) is 24.6. The van der Waals surface area contributed by atoms with Crippen molar-refractivity contribution in [2.75, 3.05) is 19.7 Å². The summed E-state index contributed by atoms with van der Waals surface area (Å²) in [5.74, 6) is 1.30. The summed E-state index contributed by atoms with van der Waals surface area (Å²) < 4.78 is 5.75. The summed E-state index contributed by atoms with van der Waals surface area (Å²) in [4.78, 5) is 23.8. The highest BCUT2D eigenvalue weighted by Crippen LogP contribution is 2.48. The predicted molar refractivity (Wildman–Crippen MR) is 132 cm³/mol. The third kappa shape index (κ3) is 4.15. The summed E-state index contributed by atoms with van der Waals surface area (Å²) in [6, 6.07) is 15.8. The van der Waals surface area contributed by atoms with Gasteiger partial charge in [-0.3, -0.25) is 4.79 Å². The van der Waals surface area contributed by atoms with Crippen LogP contribution in [0.25, 0.3) is 22.6 Å². The Morgan fingerprint density at radius 2 is 2.11 bits per heavy atom. The summed E-state index contributed by atoms with van der Waals surface area (Å²) >= 11 is 0. The number of ether oxygens (including phenoxy) is 1. The molecule has 1 aliphatic heterocycles. The number of carbonyl (C=O) groups excluding carboxylic acids is 1. The number of nitriles is 1. The van der Waals surface area contributed by atoms with E-state index in [1.165, 1.54) is 11.1 Å². The maximum Gasteiger partial charge on any atom is 0.223 e. The minimum absolute atomic E-state index is 0.0204. The van der Waals surface area contributed by atoms with Gasteiger partial charge in [-0.15, -0.1) is 0 Å². The van der Waals surface area contributed by atoms with E-state index in [1.807, 2.05) is 44.2 Å². The van der Waals surface area contributed by atoms with Gasteiger partial charge in [-0.1, -0.05) is 18.2 Å². The van der Waals surface area contributed by atoms with Crippen molar-refractivity contribution in [1.29, 1.82) is 5.26 Å². The first kappa shape index (κ1) is 23.0. The number of aliphatic hydroxyl groups excluding tert-OH is 1. The van der Waals surface area contributed by atoms with E-state index >= 15 is 0 Å². The molecule has 1 saturated heterocycles. The number of likely N-dealkylation sites (tertiary alicyclic amines) is 1. The highest BCUT2D eigenvalue weighted by atomic mass is 16.5. The maximum absolute atomic E-state index is 12.6. The SMILES string of the molecule is CC(C)Oc1ccc(-c2ccnc(-c3cccc4c3CC[C@]43CC(=O)N(CCO)C3)n2)cc1C#N. The Labute approximate surface area is 205 Å². The topological polar surface area (TPSA) is 99.3 Å². The fraction of sp³-hybridized carbons (Fsp3) is 0.357. The number of fused-ring (bicyclic) bond motifs is 2. The summed E-state index contributed by atoms with van der Waals surface area (Å²) in [5, 5.41) is 18.9. The fourth-order valence-electron chi connectivity index (χ4n) is 5.43. The number of carbonyl (C=O) groups is 1. The molecule has 178 valence electrons. The second-order valence-electron chi connectivity index (χ2n) is 9.58. The van der Waals surface area contributed by atoms with Gasteiger partial charge in [-0.2, -0.15) is 5.26 Å². The van der Waals surface area contributed by atoms with Crippen molar-refractivity contribution in [2.45, 2.75) is 44.6 Å². The number of amides is 1. The fourth-order valence-corrected chi connectivity index (χ4v) is 5.43. The number of aliphatic hydroxyl groups is 1. The van der Waals surface area contributed by atoms with Crippen LogP contribution in [0, 0.1) is 11.3 Å². The number of nitrogens with zero attached hydrogens (tertiary/aromatic N) is 4. The van der Waals surface area contributed by atoms with E-state index in [-0.39, 0.29) is 24.0 Å². The molecular formula is C28H28N4O3. The molecule has 0 unspecified atom stereocenters. The van der Waals surface area contributed by atoms with Gasteiger partial charge >= 0.3 is 0 Å². The number of aromatic nitrogens is 2. The Kier molecular flexibility index (Phi) is 6.00. The van der Waals surface area contributed by atoms with Gasteiger partial charge in [0, 0.05) is 42.2 Å². The molecule has 0 radical (unpaired) electrons. The molecule has 1 spiro atoms. The maximum atomic E-state index is 12.6. The smallest absolute Gasteiger partial charge is 0.223 e. The highest BCUT2D eigenvalue weighted by molar-refractivity contribution is 5.82. The first-order chi connectivity index (χ1) is 16.9. The largest absolute Gasteiger partial charge is 0.490 e. The molecule has 3 aromatic rings. The van der Waals surface area contributed by atoms with Gasteiger partial charge in [0.25, 0.3) is 0 Å². The lowest BCUT2D eigenvalue weighted by Crippen LogP contribution is -2.32. The lowest BCUT2D eigenvalue weighted by atomic mass is 9.80. The normalized spacial score (nSPS) is 18.8. The first-order valence-electron chi connectivity index (χ1n) is 12.0. The van der Waals surface area contributed by atoms with E-state index in [0.29, 0.717) is 36.6 Å². The zero-order valence-corrected chi connectivity index (χ0v) is 20.0. The summed E-state index contributed by atoms with van der Waals surface area (Å²) in [7, 11) is 0. The van der Waals surface area contributed by atoms with E-state index < -0.39 is 0 Å². The van der Waals surface area contributed by atoms with Crippen molar-refractivity contribution in [3.63, 3.8) is 0 Å². The van der Waals surface area contributed by atoms with Crippen LogP contribution < -0.4 is 4.74 Å². The number of hydrogen-bond donors (Lipinski definition) is 1. The van der Waals surface area contributed by atoms with Crippen molar-refractivity contribution in [3.8, 4) is 34.5 Å². The van der Waals surface area contributed by atoms with Crippen molar-refractivity contribution >= 4 is 5.91 Å². The summed E-state index contributed by atoms with van der Waals surface area (Å²) in [6.45, 7) is 4.87. The Bertz CT molecular complexity index is 1330. The highest BCUT2D eigenvalue weighted by Gasteiger charge is 2.48. The molecule has 1 aromatic heterocycles. The minimum Gasteiger partial charge on any atom is -0.490 e. The molecule has 1 amide bonds. The molecule has 2 aromatic carbocycles. The average Bonchev–Trinajstić information content (AvgIpc) is 3.38. The predicted octanol–water partition coefficient (Wildman–Crippen LogP) is 3.88. The summed E-state index contributed by atoms with van der Waals surface area (Å²) in [6.07, 6.45) is 3.96. The molecule has 7 nitrogen and oxygen atoms in total. The van der Waals surface area contributed by atoms with E-state index in [9.17, 15) is 15.2 Å². The van der Waals surface area contributed by atoms with Gasteiger partial charge in [-0.25, -0.2) is 9.97 Å². The molecule has 7 heteroatoms. The van der Waals surface area contributed by atoms with Crippen LogP contribution >= 0.6 is 0 Å². The molecule has 0 saturated carbocycles. The van der Waals surface area contributed by atoms with Crippen LogP contribution in [0.1, 0.15) is 43.4 Å². The molecule has 0 bridgehead atoms. The van der Waals surface area contributed by atoms with Crippen molar-refractivity contribution < 1.29 is 14.6 Å². The molecular weight excluding hydrogens is 440 g/mol. The monoisotopic (exact) mass is 468 g/mol. The van der Waals surface area contributed by atoms with Crippen LogP contribution in [-0.2, 0) is 16.6 Å². The Morgan fingerprint density at radius 3 is 2.89 bits per heavy atom. The number of β-amino-alcohol motifs (C(OH)–C–C–N with tert-alkyl or cyclic N) is 1. The minimum atomic E-state index is -0.205. The molecule has 1 aliphatic carbocycles. The Morgan fingerprint density at radius 1 is 1.26 bits per heavy atom. The molecule has 2 aliphatic rings. The summed E-state index contributed by atoms with van der Waals surface area (Å²) in [5.41, 5.74) is 5.20. The van der Waals surface area contributed by atoms with Gasteiger partial charge in [-0.05, 0) is 62.1 Å². The van der Waals surface area contributed by atoms with E-state index in [1.54, 1.807) is 17.2 Å². The Hall–Kier alpha value is -3.76.